The number of aromatic amines is 1. The third-order valence-electron chi connectivity index (χ3n) is 2.80. The smallest absolute Gasteiger partial charge is 0.330 e. The van der Waals surface area contributed by atoms with Crippen molar-refractivity contribution < 1.29 is 19.3 Å². The van der Waals surface area contributed by atoms with Gasteiger partial charge < -0.3 is 20.7 Å². The standard InChI is InChI=1S/C9H12FN3O5/c10-3-1-13(9(17)12-7(3)16)8-5(11)6(15)4(2-14)18-8/h1,4-6,8,14-15H,2,11H2,(H,12,16,17)/t4-,5?,6+,8-/m1/s1. The second-order valence-electron chi connectivity index (χ2n) is 3.96. The van der Waals surface area contributed by atoms with Crippen LogP contribution in [-0.2, 0) is 4.74 Å². The largest absolute Gasteiger partial charge is 0.394 e. The zero-order valence-corrected chi connectivity index (χ0v) is 9.12. The SMILES string of the molecule is NC1[C@@H](O)[C@@H](CO)O[C@H]1n1cc(F)c(=O)[nH]c1=O. The molecule has 0 aromatic carbocycles. The molecule has 4 atom stereocenters. The topological polar surface area (TPSA) is 131 Å². The maximum Gasteiger partial charge on any atom is 0.330 e. The van der Waals surface area contributed by atoms with E-state index in [0.29, 0.717) is 6.20 Å². The zero-order chi connectivity index (χ0) is 13.4. The van der Waals surface area contributed by atoms with Gasteiger partial charge in [-0.05, 0) is 0 Å². The van der Waals surface area contributed by atoms with Gasteiger partial charge >= 0.3 is 5.69 Å². The fraction of sp³-hybridized carbons (Fsp3) is 0.556. The monoisotopic (exact) mass is 261 g/mol. The predicted molar refractivity (Wildman–Crippen MR) is 56.3 cm³/mol. The van der Waals surface area contributed by atoms with Crippen LogP contribution in [0.25, 0.3) is 0 Å². The number of rotatable bonds is 2. The molecule has 0 aliphatic carbocycles. The minimum Gasteiger partial charge on any atom is -0.394 e. The predicted octanol–water partition coefficient (Wildman–Crippen LogP) is -2.75. The van der Waals surface area contributed by atoms with Crippen molar-refractivity contribution in [2.45, 2.75) is 24.5 Å². The van der Waals surface area contributed by atoms with Crippen molar-refractivity contribution in [2.75, 3.05) is 6.61 Å². The number of hydrogen-bond acceptors (Lipinski definition) is 6. The van der Waals surface area contributed by atoms with Crippen molar-refractivity contribution in [1.82, 2.24) is 9.55 Å². The molecule has 8 nitrogen and oxygen atoms in total. The van der Waals surface area contributed by atoms with Crippen LogP contribution in [0.5, 0.6) is 0 Å². The first-order chi connectivity index (χ1) is 8.45. The fourth-order valence-electron chi connectivity index (χ4n) is 1.82. The second kappa shape index (κ2) is 4.61. The molecule has 1 aromatic rings. The molecule has 100 valence electrons. The van der Waals surface area contributed by atoms with Gasteiger partial charge in [-0.25, -0.2) is 4.79 Å². The lowest BCUT2D eigenvalue weighted by atomic mass is 10.1. The molecule has 2 rings (SSSR count). The number of hydrogen-bond donors (Lipinski definition) is 4. The third-order valence-corrected chi connectivity index (χ3v) is 2.80. The highest BCUT2D eigenvalue weighted by Gasteiger charge is 2.42. The van der Waals surface area contributed by atoms with Crippen LogP contribution in [0.2, 0.25) is 0 Å². The number of ether oxygens (including phenoxy) is 1. The number of nitrogens with two attached hydrogens (primary N) is 1. The highest BCUT2D eigenvalue weighted by molar-refractivity contribution is 4.96. The number of nitrogens with zero attached hydrogens (tertiary/aromatic N) is 1. The number of aliphatic hydroxyl groups excluding tert-OH is 2. The molecule has 1 saturated heterocycles. The van der Waals surface area contributed by atoms with Gasteiger partial charge in [0.25, 0.3) is 5.56 Å². The Morgan fingerprint density at radius 3 is 2.78 bits per heavy atom. The first-order valence-electron chi connectivity index (χ1n) is 5.16. The van der Waals surface area contributed by atoms with E-state index in [0.717, 1.165) is 4.57 Å². The van der Waals surface area contributed by atoms with Crippen LogP contribution in [0.3, 0.4) is 0 Å². The van der Waals surface area contributed by atoms with E-state index in [-0.39, 0.29) is 0 Å². The van der Waals surface area contributed by atoms with Gasteiger partial charge in [0, 0.05) is 0 Å². The van der Waals surface area contributed by atoms with Crippen molar-refractivity contribution in [3.63, 3.8) is 0 Å². The first-order valence-corrected chi connectivity index (χ1v) is 5.16. The van der Waals surface area contributed by atoms with Crippen LogP contribution in [0.4, 0.5) is 4.39 Å². The van der Waals surface area contributed by atoms with E-state index in [1.807, 2.05) is 0 Å². The van der Waals surface area contributed by atoms with Gasteiger partial charge in [-0.1, -0.05) is 0 Å². The van der Waals surface area contributed by atoms with E-state index < -0.39 is 48.2 Å². The Morgan fingerprint density at radius 1 is 1.56 bits per heavy atom. The van der Waals surface area contributed by atoms with Crippen LogP contribution in [0.15, 0.2) is 15.8 Å². The van der Waals surface area contributed by atoms with Crippen LogP contribution in [-0.4, -0.2) is 44.6 Å². The number of nitrogens with one attached hydrogen (secondary N) is 1. The average Bonchev–Trinajstić information content (AvgIpc) is 2.61. The number of H-pyrrole nitrogens is 1. The van der Waals surface area contributed by atoms with Crippen LogP contribution < -0.4 is 17.0 Å². The quantitative estimate of drug-likeness (QED) is 0.456. The molecule has 1 unspecified atom stereocenters. The zero-order valence-electron chi connectivity index (χ0n) is 9.12. The van der Waals surface area contributed by atoms with Crippen LogP contribution >= 0.6 is 0 Å². The maximum absolute atomic E-state index is 13.1. The summed E-state index contributed by atoms with van der Waals surface area (Å²) >= 11 is 0. The average molecular weight is 261 g/mol. The van der Waals surface area contributed by atoms with E-state index in [1.54, 1.807) is 4.98 Å². The Morgan fingerprint density at radius 2 is 2.22 bits per heavy atom. The summed E-state index contributed by atoms with van der Waals surface area (Å²) in [6, 6.07) is -1.02. The Bertz CT molecular complexity index is 556. The normalized spacial score (nSPS) is 31.8. The van der Waals surface area contributed by atoms with Gasteiger partial charge in [-0.15, -0.1) is 0 Å². The van der Waals surface area contributed by atoms with Crippen LogP contribution in [0, 0.1) is 5.82 Å². The van der Waals surface area contributed by atoms with E-state index in [2.05, 4.69) is 0 Å². The fourth-order valence-corrected chi connectivity index (χ4v) is 1.82. The van der Waals surface area contributed by atoms with E-state index in [1.165, 1.54) is 0 Å². The van der Waals surface area contributed by atoms with Gasteiger partial charge in [0.1, 0.15) is 12.2 Å². The lowest BCUT2D eigenvalue weighted by Gasteiger charge is -2.17. The lowest BCUT2D eigenvalue weighted by Crippen LogP contribution is -2.43. The van der Waals surface area contributed by atoms with Gasteiger partial charge in [0.05, 0.1) is 18.8 Å². The molecular weight excluding hydrogens is 249 g/mol. The highest BCUT2D eigenvalue weighted by Crippen LogP contribution is 2.26. The maximum atomic E-state index is 13.1. The lowest BCUT2D eigenvalue weighted by molar-refractivity contribution is -0.0468. The Hall–Kier alpha value is -1.55. The Labute approximate surface area is 99.4 Å². The summed E-state index contributed by atoms with van der Waals surface area (Å²) in [6.45, 7) is -0.494. The van der Waals surface area contributed by atoms with Gasteiger partial charge in [-0.2, -0.15) is 4.39 Å². The minimum absolute atomic E-state index is 0.494. The molecule has 0 radical (unpaired) electrons. The summed E-state index contributed by atoms with van der Waals surface area (Å²) in [5, 5.41) is 18.5. The number of aliphatic hydroxyl groups is 2. The van der Waals surface area contributed by atoms with Crippen LogP contribution in [0.1, 0.15) is 6.23 Å². The van der Waals surface area contributed by atoms with E-state index in [4.69, 9.17) is 15.6 Å². The summed E-state index contributed by atoms with van der Waals surface area (Å²) < 4.78 is 19.0. The highest BCUT2D eigenvalue weighted by atomic mass is 19.1. The molecule has 1 fully saturated rings. The first kappa shape index (κ1) is 12.9. The molecular formula is C9H12FN3O5. The summed E-state index contributed by atoms with van der Waals surface area (Å²) in [5.41, 5.74) is 3.56. The van der Waals surface area contributed by atoms with E-state index >= 15 is 0 Å². The molecule has 0 spiro atoms. The molecule has 5 N–H and O–H groups in total. The summed E-state index contributed by atoms with van der Waals surface area (Å²) in [6.07, 6.45) is -2.66. The third kappa shape index (κ3) is 1.97. The summed E-state index contributed by atoms with van der Waals surface area (Å²) in [7, 11) is 0. The van der Waals surface area contributed by atoms with Gasteiger partial charge in [0.2, 0.25) is 5.82 Å². The minimum atomic E-state index is -1.19. The Balaban J connectivity index is 2.42. The van der Waals surface area contributed by atoms with Crippen molar-refractivity contribution in [1.29, 1.82) is 0 Å². The van der Waals surface area contributed by atoms with Gasteiger partial charge in [-0.3, -0.25) is 14.3 Å². The molecule has 1 aliphatic heterocycles. The molecule has 9 heteroatoms. The van der Waals surface area contributed by atoms with Crippen molar-refractivity contribution >= 4 is 0 Å². The number of aromatic nitrogens is 2. The number of halogens is 1. The van der Waals surface area contributed by atoms with Gasteiger partial charge in [0.15, 0.2) is 6.23 Å². The molecule has 0 amide bonds. The summed E-state index contributed by atoms with van der Waals surface area (Å²) in [5.74, 6) is -1.17. The Kier molecular flexibility index (Phi) is 3.30. The van der Waals surface area contributed by atoms with E-state index in [9.17, 15) is 19.1 Å². The summed E-state index contributed by atoms with van der Waals surface area (Å²) in [4.78, 5) is 24.1. The molecule has 1 aromatic heterocycles. The van der Waals surface area contributed by atoms with Crippen molar-refractivity contribution in [2.24, 2.45) is 5.73 Å². The molecule has 18 heavy (non-hydrogen) atoms. The second-order valence-corrected chi connectivity index (χ2v) is 3.96. The molecule has 0 bridgehead atoms. The molecule has 0 saturated carbocycles. The molecule has 2 heterocycles. The molecule has 1 aliphatic rings. The van der Waals surface area contributed by atoms with Crippen molar-refractivity contribution in [3.05, 3.63) is 32.9 Å². The van der Waals surface area contributed by atoms with Crippen molar-refractivity contribution in [3.8, 4) is 0 Å².